The number of rotatable bonds is 8. The third-order valence-corrected chi connectivity index (χ3v) is 6.09. The number of fused-ring (bicyclic) bond motifs is 1. The van der Waals surface area contributed by atoms with Crippen LogP contribution in [-0.2, 0) is 13.0 Å². The van der Waals surface area contributed by atoms with Crippen molar-refractivity contribution in [2.24, 2.45) is 0 Å². The monoisotopic (exact) mass is 487 g/mol. The van der Waals surface area contributed by atoms with Gasteiger partial charge in [-0.3, -0.25) is 10.3 Å². The first-order valence-corrected chi connectivity index (χ1v) is 11.3. The predicted octanol–water partition coefficient (Wildman–Crippen LogP) is -2.95. The van der Waals surface area contributed by atoms with Crippen LogP contribution < -0.4 is 47.9 Å². The quantitative estimate of drug-likeness (QED) is 0.215. The number of unbranched alkanes of at least 4 members (excludes halogenated alkanes) is 1. The second-order valence-electron chi connectivity index (χ2n) is 7.90. The molecule has 0 spiro atoms. The summed E-state index contributed by atoms with van der Waals surface area (Å²) in [6.45, 7) is 2.38. The van der Waals surface area contributed by atoms with E-state index in [4.69, 9.17) is 11.6 Å². The van der Waals surface area contributed by atoms with Gasteiger partial charge in [0.05, 0.1) is 23.7 Å². The zero-order valence-corrected chi connectivity index (χ0v) is 21.1. The first kappa shape index (κ1) is 27.8. The fourth-order valence-electron chi connectivity index (χ4n) is 4.23. The molecule has 0 aliphatic carbocycles. The molecule has 0 N–H and O–H groups in total. The van der Waals surface area contributed by atoms with Crippen LogP contribution in [-0.4, -0.2) is 35.6 Å². The number of para-hydroxylation sites is 1. The van der Waals surface area contributed by atoms with E-state index < -0.39 is 5.97 Å². The smallest absolute Gasteiger partial charge is 0.543 e. The number of carboxylic acids is 1. The maximum absolute atomic E-state index is 11.8. The standard InChI is InChI=1S/C24H22ClN7O2.2Li/c1-2-3-11-20-26-22(25)21(24(33)34)32(20)14-15-7-6-10-18-16(15)12-13-31(18)19-9-5-4-8-17(19)23-27-29-30-28-23;;/h4-10,12-13H,2-3,11,14H2,1H3,(H2,27,28,29,30,33,34);;/q;2*+1/p-2. The first-order valence-electron chi connectivity index (χ1n) is 10.9. The van der Waals surface area contributed by atoms with E-state index in [0.717, 1.165) is 40.6 Å². The van der Waals surface area contributed by atoms with Crippen LogP contribution in [0.4, 0.5) is 0 Å². The molecule has 3 aromatic heterocycles. The van der Waals surface area contributed by atoms with Crippen LogP contribution in [0.25, 0.3) is 28.0 Å². The minimum Gasteiger partial charge on any atom is -0.543 e. The second kappa shape index (κ2) is 12.0. The van der Waals surface area contributed by atoms with Gasteiger partial charge in [-0.2, -0.15) is 5.21 Å². The normalized spacial score (nSPS) is 10.7. The molecular weight excluding hydrogens is 468 g/mol. The van der Waals surface area contributed by atoms with Crippen LogP contribution in [0.5, 0.6) is 0 Å². The Hall–Kier alpha value is -2.79. The summed E-state index contributed by atoms with van der Waals surface area (Å²) < 4.78 is 3.70. The number of carboxylic acid groups (broad SMARTS) is 1. The summed E-state index contributed by atoms with van der Waals surface area (Å²) in [5, 5.41) is 28.0. The van der Waals surface area contributed by atoms with Crippen LogP contribution in [0.2, 0.25) is 5.15 Å². The summed E-state index contributed by atoms with van der Waals surface area (Å²) in [5.41, 5.74) is 3.49. The maximum Gasteiger partial charge on any atom is 1.00 e. The fraction of sp³-hybridized carbons (Fsp3) is 0.208. The molecule has 0 atom stereocenters. The van der Waals surface area contributed by atoms with E-state index in [1.54, 1.807) is 4.57 Å². The summed E-state index contributed by atoms with van der Waals surface area (Å²) in [5.74, 6) is -0.252. The number of aromatic carboxylic acids is 1. The van der Waals surface area contributed by atoms with Crippen molar-refractivity contribution < 1.29 is 47.6 Å². The van der Waals surface area contributed by atoms with E-state index in [2.05, 4.69) is 32.5 Å². The third kappa shape index (κ3) is 5.17. The molecule has 172 valence electrons. The number of carbonyl (C=O) groups excluding carboxylic acids is 1. The van der Waals surface area contributed by atoms with Crippen molar-refractivity contribution in [2.45, 2.75) is 32.7 Å². The van der Waals surface area contributed by atoms with E-state index in [1.807, 2.05) is 59.3 Å². The van der Waals surface area contributed by atoms with Crippen molar-refractivity contribution in [1.29, 1.82) is 0 Å². The molecule has 0 saturated heterocycles. The van der Waals surface area contributed by atoms with Crippen molar-refractivity contribution in [1.82, 2.24) is 34.7 Å². The van der Waals surface area contributed by atoms with Gasteiger partial charge in [0, 0.05) is 29.4 Å². The molecule has 5 aromatic rings. The van der Waals surface area contributed by atoms with Crippen LogP contribution in [0.1, 0.15) is 41.6 Å². The number of carbonyl (C=O) groups is 1. The van der Waals surface area contributed by atoms with Crippen LogP contribution in [0.15, 0.2) is 54.7 Å². The predicted molar refractivity (Wildman–Crippen MR) is 125 cm³/mol. The second-order valence-corrected chi connectivity index (χ2v) is 8.26. The number of aromatic nitrogens is 7. The number of halogens is 1. The molecule has 0 amide bonds. The average molecular weight is 488 g/mol. The summed E-state index contributed by atoms with van der Waals surface area (Å²) >= 11 is 6.18. The Bertz CT molecular complexity index is 1480. The molecule has 0 radical (unpaired) electrons. The fourth-order valence-corrected chi connectivity index (χ4v) is 4.51. The molecular formula is C24H20ClLi2N7O2. The maximum atomic E-state index is 11.8. The number of imidazole rings is 1. The van der Waals surface area contributed by atoms with Crippen LogP contribution >= 0.6 is 11.6 Å². The number of hydrogen-bond donors (Lipinski definition) is 0. The van der Waals surface area contributed by atoms with E-state index in [9.17, 15) is 9.90 Å². The SMILES string of the molecule is CCCCc1nc(Cl)c(C(=O)[O-])n1Cc1cccc2c1ccn2-c1ccccc1-c1nnn[n-]1.[Li+].[Li+]. The zero-order valence-electron chi connectivity index (χ0n) is 20.3. The molecule has 0 unspecified atom stereocenters. The molecule has 3 heterocycles. The van der Waals surface area contributed by atoms with Gasteiger partial charge in [-0.1, -0.05) is 55.3 Å². The number of tetrazole rings is 1. The van der Waals surface area contributed by atoms with Crippen molar-refractivity contribution in [3.05, 3.63) is 77.0 Å². The number of benzene rings is 2. The van der Waals surface area contributed by atoms with Gasteiger partial charge in [0.15, 0.2) is 5.15 Å². The number of hydrogen-bond acceptors (Lipinski definition) is 6. The summed E-state index contributed by atoms with van der Waals surface area (Å²) in [7, 11) is 0. The Morgan fingerprint density at radius 3 is 2.64 bits per heavy atom. The summed E-state index contributed by atoms with van der Waals surface area (Å²) in [6, 6.07) is 15.7. The van der Waals surface area contributed by atoms with Crippen molar-refractivity contribution in [3.63, 3.8) is 0 Å². The summed E-state index contributed by atoms with van der Waals surface area (Å²) in [6.07, 6.45) is 4.44. The van der Waals surface area contributed by atoms with E-state index in [-0.39, 0.29) is 48.6 Å². The van der Waals surface area contributed by atoms with Gasteiger partial charge < -0.3 is 24.1 Å². The first-order chi connectivity index (χ1) is 16.6. The summed E-state index contributed by atoms with van der Waals surface area (Å²) in [4.78, 5) is 16.2. The van der Waals surface area contributed by atoms with Gasteiger partial charge in [0.2, 0.25) is 0 Å². The Kier molecular flexibility index (Phi) is 9.24. The van der Waals surface area contributed by atoms with Crippen molar-refractivity contribution in [3.8, 4) is 17.1 Å². The Morgan fingerprint density at radius 2 is 1.92 bits per heavy atom. The van der Waals surface area contributed by atoms with Gasteiger partial charge in [-0.05, 0) is 30.2 Å². The minimum absolute atomic E-state index is 0. The Labute approximate surface area is 236 Å². The zero-order chi connectivity index (χ0) is 23.7. The molecule has 0 fully saturated rings. The van der Waals surface area contributed by atoms with Gasteiger partial charge in [0.25, 0.3) is 0 Å². The molecule has 9 nitrogen and oxygen atoms in total. The van der Waals surface area contributed by atoms with Crippen molar-refractivity contribution >= 4 is 28.5 Å². The largest absolute Gasteiger partial charge is 1.00 e. The van der Waals surface area contributed by atoms with Crippen molar-refractivity contribution in [2.75, 3.05) is 0 Å². The number of aryl methyl sites for hydroxylation is 1. The van der Waals surface area contributed by atoms with Crippen LogP contribution in [0.3, 0.4) is 0 Å². The van der Waals surface area contributed by atoms with E-state index in [1.165, 1.54) is 0 Å². The van der Waals surface area contributed by atoms with Crippen LogP contribution in [0, 0.1) is 0 Å². The molecule has 0 saturated carbocycles. The van der Waals surface area contributed by atoms with Gasteiger partial charge in [-0.25, -0.2) is 4.98 Å². The molecule has 5 rings (SSSR count). The topological polar surface area (TPSA) is 116 Å². The van der Waals surface area contributed by atoms with Gasteiger partial charge in [0.1, 0.15) is 11.5 Å². The molecule has 0 aliphatic rings. The molecule has 12 heteroatoms. The minimum atomic E-state index is -1.34. The molecule has 0 aliphatic heterocycles. The molecule has 0 bridgehead atoms. The third-order valence-electron chi connectivity index (χ3n) is 5.83. The average Bonchev–Trinajstić information content (AvgIpc) is 3.57. The van der Waals surface area contributed by atoms with Gasteiger partial charge >= 0.3 is 37.7 Å². The number of nitrogens with zero attached hydrogens (tertiary/aromatic N) is 7. The molecule has 2 aromatic carbocycles. The van der Waals surface area contributed by atoms with E-state index in [0.29, 0.717) is 24.6 Å². The van der Waals surface area contributed by atoms with E-state index >= 15 is 0 Å². The Morgan fingerprint density at radius 1 is 1.11 bits per heavy atom. The van der Waals surface area contributed by atoms with Gasteiger partial charge in [-0.15, -0.1) is 0 Å². The molecule has 36 heavy (non-hydrogen) atoms. The Balaban J connectivity index is 0.00000180.